The number of nitrogens with zero attached hydrogens (tertiary/aromatic N) is 3. The van der Waals surface area contributed by atoms with Crippen LogP contribution in [0.25, 0.3) is 0 Å². The van der Waals surface area contributed by atoms with Gasteiger partial charge >= 0.3 is 0 Å². The average Bonchev–Trinajstić information content (AvgIpc) is 3.45. The molecule has 3 N–H and O–H groups in total. The van der Waals surface area contributed by atoms with Crippen molar-refractivity contribution < 1.29 is 28.6 Å². The molecule has 3 aliphatic rings. The molecule has 2 bridgehead atoms. The van der Waals surface area contributed by atoms with Crippen molar-refractivity contribution in [3.05, 3.63) is 48.0 Å². The summed E-state index contributed by atoms with van der Waals surface area (Å²) >= 11 is 0. The zero-order valence-electron chi connectivity index (χ0n) is 22.1. The zero-order valence-corrected chi connectivity index (χ0v) is 22.1. The van der Waals surface area contributed by atoms with E-state index < -0.39 is 12.1 Å². The van der Waals surface area contributed by atoms with Crippen LogP contribution in [0.4, 0.5) is 0 Å². The van der Waals surface area contributed by atoms with E-state index in [0.29, 0.717) is 56.9 Å². The number of fused-ring (bicyclic) bond motifs is 4. The van der Waals surface area contributed by atoms with Crippen molar-refractivity contribution >= 4 is 17.7 Å². The minimum atomic E-state index is -0.724. The van der Waals surface area contributed by atoms with Gasteiger partial charge in [0, 0.05) is 52.1 Å². The average molecular weight is 541 g/mol. The van der Waals surface area contributed by atoms with Crippen molar-refractivity contribution in [3.63, 3.8) is 0 Å². The van der Waals surface area contributed by atoms with Crippen LogP contribution >= 0.6 is 0 Å². The van der Waals surface area contributed by atoms with Crippen LogP contribution in [0.1, 0.15) is 35.4 Å². The molecule has 0 spiro atoms. The summed E-state index contributed by atoms with van der Waals surface area (Å²) in [5, 5.41) is 6.01. The number of para-hydroxylation sites is 1. The summed E-state index contributed by atoms with van der Waals surface area (Å²) < 4.78 is 17.4. The van der Waals surface area contributed by atoms with E-state index in [1.165, 1.54) is 7.11 Å². The number of aromatic amines is 1. The zero-order chi connectivity index (χ0) is 27.2. The number of nitrogens with one attached hydrogen (secondary N) is 3. The summed E-state index contributed by atoms with van der Waals surface area (Å²) in [6.07, 6.45) is 5.02. The Bertz CT molecular complexity index is 1140. The lowest BCUT2D eigenvalue weighted by Gasteiger charge is -2.41. The molecule has 2 saturated heterocycles. The Kier molecular flexibility index (Phi) is 8.74. The van der Waals surface area contributed by atoms with E-state index in [-0.39, 0.29) is 43.0 Å². The topological polar surface area (TPSA) is 138 Å². The summed E-state index contributed by atoms with van der Waals surface area (Å²) in [6, 6.07) is 6.18. The van der Waals surface area contributed by atoms with Gasteiger partial charge in [0.15, 0.2) is 0 Å². The van der Waals surface area contributed by atoms with Gasteiger partial charge in [-0.2, -0.15) is 0 Å². The number of methoxy groups -OCH3 is 1. The fourth-order valence-corrected chi connectivity index (χ4v) is 5.50. The largest absolute Gasteiger partial charge is 0.493 e. The van der Waals surface area contributed by atoms with Crippen molar-refractivity contribution in [2.24, 2.45) is 0 Å². The molecule has 0 radical (unpaired) electrons. The van der Waals surface area contributed by atoms with Gasteiger partial charge in [-0.15, -0.1) is 0 Å². The minimum Gasteiger partial charge on any atom is -0.493 e. The van der Waals surface area contributed by atoms with Crippen molar-refractivity contribution in [2.75, 3.05) is 46.5 Å². The molecule has 2 aromatic rings. The lowest BCUT2D eigenvalue weighted by molar-refractivity contribution is -0.132. The van der Waals surface area contributed by atoms with Crippen molar-refractivity contribution in [3.8, 4) is 5.75 Å². The first-order chi connectivity index (χ1) is 19.0. The lowest BCUT2D eigenvalue weighted by atomic mass is 9.96. The predicted molar refractivity (Wildman–Crippen MR) is 140 cm³/mol. The molecule has 0 unspecified atom stereocenters. The molecule has 5 rings (SSSR count). The van der Waals surface area contributed by atoms with Crippen LogP contribution in [0.15, 0.2) is 36.7 Å². The van der Waals surface area contributed by atoms with Crippen LogP contribution in [-0.4, -0.2) is 108 Å². The van der Waals surface area contributed by atoms with E-state index in [1.807, 2.05) is 6.07 Å². The molecule has 0 saturated carbocycles. The van der Waals surface area contributed by atoms with Crippen LogP contribution in [-0.2, 0) is 25.6 Å². The molecule has 12 heteroatoms. The normalized spacial score (nSPS) is 26.4. The van der Waals surface area contributed by atoms with Gasteiger partial charge in [-0.25, -0.2) is 4.98 Å². The highest BCUT2D eigenvalue weighted by Gasteiger charge is 2.39. The van der Waals surface area contributed by atoms with Gasteiger partial charge in [0.1, 0.15) is 24.2 Å². The van der Waals surface area contributed by atoms with Crippen molar-refractivity contribution in [1.82, 2.24) is 30.4 Å². The maximum absolute atomic E-state index is 13.8. The third-order valence-corrected chi connectivity index (χ3v) is 7.49. The van der Waals surface area contributed by atoms with Gasteiger partial charge < -0.3 is 34.7 Å². The molecule has 3 amide bonds. The van der Waals surface area contributed by atoms with Gasteiger partial charge in [-0.05, 0) is 25.0 Å². The monoisotopic (exact) mass is 540 g/mol. The smallest absolute Gasteiger partial charge is 0.258 e. The number of rotatable bonds is 5. The van der Waals surface area contributed by atoms with Gasteiger partial charge in [0.2, 0.25) is 11.8 Å². The first-order valence-electron chi connectivity index (χ1n) is 13.5. The summed E-state index contributed by atoms with van der Waals surface area (Å²) in [4.78, 5) is 50.8. The number of hydrogen-bond donors (Lipinski definition) is 3. The van der Waals surface area contributed by atoms with Crippen LogP contribution in [0.2, 0.25) is 0 Å². The standard InChI is InChI=1S/C27H36N6O6/c1-37-17-25(34)31-20-7-6-18-8-13-38-22-5-3-2-4-19(22)27(36)33-12-11-32(16-24-28-9-10-29-24)15-21(33)26(35)30-14-23(20)39-18/h2-5,9-10,18,20-21,23H,6-8,11-17H2,1H3,(H,28,29)(H,30,35)(H,31,34)/t18-,20+,21-,23+/m0/s1. The number of benzene rings is 1. The van der Waals surface area contributed by atoms with Crippen molar-refractivity contribution in [2.45, 2.75) is 50.1 Å². The summed E-state index contributed by atoms with van der Waals surface area (Å²) in [5.74, 6) is 0.560. The second kappa shape index (κ2) is 12.6. The molecule has 0 aliphatic carbocycles. The summed E-state index contributed by atoms with van der Waals surface area (Å²) in [5.41, 5.74) is 0.440. The molecule has 1 aromatic carbocycles. The third kappa shape index (κ3) is 6.57. The molecule has 4 heterocycles. The number of hydrogen-bond acceptors (Lipinski definition) is 8. The second-order valence-electron chi connectivity index (χ2n) is 10.1. The third-order valence-electron chi connectivity index (χ3n) is 7.49. The Morgan fingerprint density at radius 2 is 2.08 bits per heavy atom. The molecule has 4 atom stereocenters. The number of piperazine rings is 1. The highest BCUT2D eigenvalue weighted by atomic mass is 16.5. The Hall–Kier alpha value is -3.48. The quantitative estimate of drug-likeness (QED) is 0.493. The highest BCUT2D eigenvalue weighted by molar-refractivity contribution is 6.00. The molecular weight excluding hydrogens is 504 g/mol. The molecule has 1 aromatic heterocycles. The van der Waals surface area contributed by atoms with Gasteiger partial charge in [-0.1, -0.05) is 12.1 Å². The van der Waals surface area contributed by atoms with E-state index in [9.17, 15) is 14.4 Å². The summed E-state index contributed by atoms with van der Waals surface area (Å²) in [6.45, 7) is 2.42. The number of imidazole rings is 1. The number of H-pyrrole nitrogens is 1. The Balaban J connectivity index is 1.39. The maximum atomic E-state index is 13.8. The molecule has 39 heavy (non-hydrogen) atoms. The summed E-state index contributed by atoms with van der Waals surface area (Å²) in [7, 11) is 1.47. The van der Waals surface area contributed by atoms with E-state index in [2.05, 4.69) is 25.5 Å². The predicted octanol–water partition coefficient (Wildman–Crippen LogP) is 0.314. The first-order valence-corrected chi connectivity index (χ1v) is 13.5. The van der Waals surface area contributed by atoms with Gasteiger partial charge in [0.05, 0.1) is 37.0 Å². The molecule has 12 nitrogen and oxygen atoms in total. The number of carbonyl (C=O) groups excluding carboxylic acids is 3. The molecule has 210 valence electrons. The van der Waals surface area contributed by atoms with E-state index in [0.717, 1.165) is 12.2 Å². The van der Waals surface area contributed by atoms with Crippen LogP contribution < -0.4 is 15.4 Å². The second-order valence-corrected chi connectivity index (χ2v) is 10.1. The van der Waals surface area contributed by atoms with Crippen LogP contribution in [0, 0.1) is 0 Å². The maximum Gasteiger partial charge on any atom is 0.258 e. The first kappa shape index (κ1) is 27.1. The fraction of sp³-hybridized carbons (Fsp3) is 0.556. The Morgan fingerprint density at radius 3 is 2.90 bits per heavy atom. The number of ether oxygens (including phenoxy) is 3. The SMILES string of the molecule is COCC(=O)N[C@@H]1CC[C@H]2CCOc3ccccc3C(=O)N3CCN(Cc4ncc[nH]4)C[C@H]3C(=O)NC[C@H]1O2. The van der Waals surface area contributed by atoms with E-state index in [4.69, 9.17) is 14.2 Å². The van der Waals surface area contributed by atoms with Crippen LogP contribution in [0.3, 0.4) is 0 Å². The van der Waals surface area contributed by atoms with E-state index >= 15 is 0 Å². The highest BCUT2D eigenvalue weighted by Crippen LogP contribution is 2.26. The number of carbonyl (C=O) groups is 3. The Morgan fingerprint density at radius 1 is 1.21 bits per heavy atom. The van der Waals surface area contributed by atoms with E-state index in [1.54, 1.807) is 35.5 Å². The van der Waals surface area contributed by atoms with Gasteiger partial charge in [0.25, 0.3) is 5.91 Å². The van der Waals surface area contributed by atoms with Crippen molar-refractivity contribution in [1.29, 1.82) is 0 Å². The van der Waals surface area contributed by atoms with Crippen LogP contribution in [0.5, 0.6) is 5.75 Å². The lowest BCUT2D eigenvalue weighted by Crippen LogP contribution is -2.62. The number of aromatic nitrogens is 2. The fourth-order valence-electron chi connectivity index (χ4n) is 5.50. The minimum absolute atomic E-state index is 0.0447. The molecule has 2 fully saturated rings. The molecular formula is C27H36N6O6. The molecule has 3 aliphatic heterocycles. The Labute approximate surface area is 227 Å². The number of amides is 3. The van der Waals surface area contributed by atoms with Gasteiger partial charge in [-0.3, -0.25) is 19.3 Å².